The molecule has 1 fully saturated rings. The van der Waals surface area contributed by atoms with Crippen molar-refractivity contribution in [2.75, 3.05) is 0 Å². The van der Waals surface area contributed by atoms with Crippen LogP contribution in [0.15, 0.2) is 24.8 Å². The van der Waals surface area contributed by atoms with Crippen LogP contribution in [0.1, 0.15) is 30.9 Å². The minimum atomic E-state index is 0.746. The topological polar surface area (TPSA) is 47.7 Å². The molecule has 0 aliphatic heterocycles. The number of nitrogens with zero attached hydrogens (tertiary/aromatic N) is 4. The molecule has 96 valence electrons. The number of hydrogen-bond donors (Lipinski definition) is 1. The molecule has 1 aliphatic rings. The van der Waals surface area contributed by atoms with Gasteiger partial charge in [0.1, 0.15) is 0 Å². The van der Waals surface area contributed by atoms with Crippen molar-refractivity contribution >= 4 is 0 Å². The fourth-order valence-corrected chi connectivity index (χ4v) is 1.98. The number of aromatic nitrogens is 4. The molecule has 0 unspecified atom stereocenters. The highest BCUT2D eigenvalue weighted by Gasteiger charge is 2.20. The zero-order valence-electron chi connectivity index (χ0n) is 10.7. The molecule has 18 heavy (non-hydrogen) atoms. The van der Waals surface area contributed by atoms with Crippen LogP contribution in [-0.2, 0) is 19.6 Å². The molecular formula is C13H19N5. The third kappa shape index (κ3) is 2.79. The summed E-state index contributed by atoms with van der Waals surface area (Å²) in [4.78, 5) is 0. The Labute approximate surface area is 107 Å². The predicted molar refractivity (Wildman–Crippen MR) is 69.1 cm³/mol. The van der Waals surface area contributed by atoms with Crippen molar-refractivity contribution in [2.45, 2.75) is 45.4 Å². The van der Waals surface area contributed by atoms with Crippen molar-refractivity contribution in [3.63, 3.8) is 0 Å². The molecule has 1 saturated carbocycles. The Kier molecular flexibility index (Phi) is 3.15. The lowest BCUT2D eigenvalue weighted by molar-refractivity contribution is 0.654. The molecule has 1 N–H and O–H groups in total. The Bertz CT molecular complexity index is 509. The summed E-state index contributed by atoms with van der Waals surface area (Å²) in [5.74, 6) is 0. The first-order valence-electron chi connectivity index (χ1n) is 6.59. The Balaban J connectivity index is 1.58. The first-order chi connectivity index (χ1) is 8.83. The maximum atomic E-state index is 4.38. The van der Waals surface area contributed by atoms with Gasteiger partial charge in [-0.05, 0) is 19.8 Å². The van der Waals surface area contributed by atoms with Gasteiger partial charge in [-0.15, -0.1) is 0 Å². The molecule has 0 radical (unpaired) electrons. The van der Waals surface area contributed by atoms with E-state index in [0.29, 0.717) is 0 Å². The van der Waals surface area contributed by atoms with Gasteiger partial charge in [0, 0.05) is 42.7 Å². The van der Waals surface area contributed by atoms with Crippen LogP contribution in [0.3, 0.4) is 0 Å². The van der Waals surface area contributed by atoms with E-state index in [-0.39, 0.29) is 0 Å². The van der Waals surface area contributed by atoms with Crippen molar-refractivity contribution in [3.05, 3.63) is 35.9 Å². The van der Waals surface area contributed by atoms with Crippen molar-refractivity contribution < 1.29 is 0 Å². The van der Waals surface area contributed by atoms with Crippen molar-refractivity contribution in [1.82, 2.24) is 24.9 Å². The highest BCUT2D eigenvalue weighted by Crippen LogP contribution is 2.19. The molecule has 5 nitrogen and oxygen atoms in total. The molecule has 0 amide bonds. The Morgan fingerprint density at radius 1 is 1.17 bits per heavy atom. The van der Waals surface area contributed by atoms with Gasteiger partial charge < -0.3 is 5.32 Å². The summed E-state index contributed by atoms with van der Waals surface area (Å²) >= 11 is 0. The summed E-state index contributed by atoms with van der Waals surface area (Å²) in [6.45, 7) is 4.73. The number of hydrogen-bond acceptors (Lipinski definition) is 3. The first kappa shape index (κ1) is 11.5. The summed E-state index contributed by atoms with van der Waals surface area (Å²) in [5, 5.41) is 12.1. The van der Waals surface area contributed by atoms with Gasteiger partial charge in [0.05, 0.1) is 18.9 Å². The molecule has 0 bridgehead atoms. The average Bonchev–Trinajstić information content (AvgIpc) is 2.93. The number of aryl methyl sites for hydroxylation is 1. The summed E-state index contributed by atoms with van der Waals surface area (Å²) in [7, 11) is 0. The van der Waals surface area contributed by atoms with Crippen LogP contribution in [0.2, 0.25) is 0 Å². The van der Waals surface area contributed by atoms with Crippen LogP contribution in [0.5, 0.6) is 0 Å². The second-order valence-electron chi connectivity index (χ2n) is 4.91. The Morgan fingerprint density at radius 3 is 2.61 bits per heavy atom. The zero-order valence-corrected chi connectivity index (χ0v) is 10.7. The highest BCUT2D eigenvalue weighted by atomic mass is 15.3. The number of nitrogens with one attached hydrogen (secondary N) is 1. The zero-order chi connectivity index (χ0) is 12.4. The molecule has 3 rings (SSSR count). The average molecular weight is 245 g/mol. The van der Waals surface area contributed by atoms with E-state index in [0.717, 1.165) is 25.7 Å². The van der Waals surface area contributed by atoms with Gasteiger partial charge in [-0.3, -0.25) is 9.36 Å². The summed E-state index contributed by atoms with van der Waals surface area (Å²) in [6.07, 6.45) is 10.7. The minimum Gasteiger partial charge on any atom is -0.310 e. The molecule has 2 heterocycles. The van der Waals surface area contributed by atoms with Crippen LogP contribution >= 0.6 is 0 Å². The van der Waals surface area contributed by atoms with Gasteiger partial charge in [-0.25, -0.2) is 0 Å². The second kappa shape index (κ2) is 4.94. The minimum absolute atomic E-state index is 0.746. The van der Waals surface area contributed by atoms with Gasteiger partial charge in [-0.2, -0.15) is 10.2 Å². The van der Waals surface area contributed by atoms with Gasteiger partial charge in [0.15, 0.2) is 0 Å². The van der Waals surface area contributed by atoms with Gasteiger partial charge in [0.25, 0.3) is 0 Å². The van der Waals surface area contributed by atoms with Crippen LogP contribution in [0.25, 0.3) is 0 Å². The highest BCUT2D eigenvalue weighted by molar-refractivity contribution is 5.08. The SMILES string of the molecule is CCn1cc(Cn2cc(CNC3CC3)cn2)cn1. The summed E-state index contributed by atoms with van der Waals surface area (Å²) in [6, 6.07) is 0.746. The monoisotopic (exact) mass is 245 g/mol. The van der Waals surface area contributed by atoms with Gasteiger partial charge >= 0.3 is 0 Å². The van der Waals surface area contributed by atoms with E-state index in [2.05, 4.69) is 34.8 Å². The van der Waals surface area contributed by atoms with Crippen molar-refractivity contribution in [3.8, 4) is 0 Å². The molecule has 0 atom stereocenters. The predicted octanol–water partition coefficient (Wildman–Crippen LogP) is 1.40. The lowest BCUT2D eigenvalue weighted by atomic mass is 10.3. The second-order valence-corrected chi connectivity index (χ2v) is 4.91. The molecule has 0 spiro atoms. The maximum Gasteiger partial charge on any atom is 0.0690 e. The smallest absolute Gasteiger partial charge is 0.0690 e. The van der Waals surface area contributed by atoms with Gasteiger partial charge in [0.2, 0.25) is 0 Å². The molecule has 5 heteroatoms. The fourth-order valence-electron chi connectivity index (χ4n) is 1.98. The molecule has 1 aliphatic carbocycles. The molecule has 0 saturated heterocycles. The third-order valence-corrected chi connectivity index (χ3v) is 3.21. The third-order valence-electron chi connectivity index (χ3n) is 3.21. The molecule has 0 aromatic carbocycles. The quantitative estimate of drug-likeness (QED) is 0.837. The number of rotatable bonds is 6. The summed E-state index contributed by atoms with van der Waals surface area (Å²) in [5.41, 5.74) is 2.45. The lowest BCUT2D eigenvalue weighted by Crippen LogP contribution is -2.14. The van der Waals surface area contributed by atoms with E-state index in [1.807, 2.05) is 21.8 Å². The van der Waals surface area contributed by atoms with E-state index in [1.165, 1.54) is 24.0 Å². The first-order valence-corrected chi connectivity index (χ1v) is 6.59. The summed E-state index contributed by atoms with van der Waals surface area (Å²) < 4.78 is 3.91. The van der Waals surface area contributed by atoms with Gasteiger partial charge in [-0.1, -0.05) is 0 Å². The molecular weight excluding hydrogens is 226 g/mol. The van der Waals surface area contributed by atoms with Crippen molar-refractivity contribution in [2.24, 2.45) is 0 Å². The fraction of sp³-hybridized carbons (Fsp3) is 0.538. The molecule has 2 aromatic rings. The normalized spacial score (nSPS) is 15.2. The van der Waals surface area contributed by atoms with Crippen LogP contribution < -0.4 is 5.32 Å². The Hall–Kier alpha value is -1.62. The Morgan fingerprint density at radius 2 is 1.89 bits per heavy atom. The van der Waals surface area contributed by atoms with E-state index in [9.17, 15) is 0 Å². The van der Waals surface area contributed by atoms with E-state index in [1.54, 1.807) is 0 Å². The van der Waals surface area contributed by atoms with E-state index < -0.39 is 0 Å². The largest absolute Gasteiger partial charge is 0.310 e. The van der Waals surface area contributed by atoms with Crippen LogP contribution in [-0.4, -0.2) is 25.6 Å². The lowest BCUT2D eigenvalue weighted by Gasteiger charge is -1.99. The van der Waals surface area contributed by atoms with Crippen LogP contribution in [0.4, 0.5) is 0 Å². The molecule has 2 aromatic heterocycles. The van der Waals surface area contributed by atoms with E-state index >= 15 is 0 Å². The van der Waals surface area contributed by atoms with Crippen LogP contribution in [0, 0.1) is 0 Å². The standard InChI is InChI=1S/C13H19N5/c1-2-17-9-12(7-15-17)10-18-8-11(6-16-18)5-14-13-3-4-13/h6-9,13-14H,2-5,10H2,1H3. The van der Waals surface area contributed by atoms with Crippen molar-refractivity contribution in [1.29, 1.82) is 0 Å². The maximum absolute atomic E-state index is 4.38. The van der Waals surface area contributed by atoms with E-state index in [4.69, 9.17) is 0 Å².